The highest BCUT2D eigenvalue weighted by Gasteiger charge is 2.30. The zero-order chi connectivity index (χ0) is 18.6. The van der Waals surface area contributed by atoms with Crippen LogP contribution in [0.3, 0.4) is 0 Å². The molecular formula is C17H24N2O5S2. The van der Waals surface area contributed by atoms with E-state index < -0.39 is 10.0 Å². The lowest BCUT2D eigenvalue weighted by Crippen LogP contribution is -2.50. The summed E-state index contributed by atoms with van der Waals surface area (Å²) in [6, 6.07) is 4.74. The van der Waals surface area contributed by atoms with Gasteiger partial charge in [0.05, 0.1) is 18.1 Å². The third-order valence-electron chi connectivity index (χ3n) is 4.47. The lowest BCUT2D eigenvalue weighted by atomic mass is 10.3. The van der Waals surface area contributed by atoms with Crippen LogP contribution in [0, 0.1) is 0 Å². The van der Waals surface area contributed by atoms with Crippen molar-refractivity contribution in [3.05, 3.63) is 18.2 Å². The molecule has 26 heavy (non-hydrogen) atoms. The molecule has 1 saturated heterocycles. The number of carbonyl (C=O) groups is 1. The highest BCUT2D eigenvalue weighted by atomic mass is 32.2. The molecule has 0 saturated carbocycles. The molecule has 0 bridgehead atoms. The van der Waals surface area contributed by atoms with Gasteiger partial charge in [-0.1, -0.05) is 0 Å². The minimum atomic E-state index is -3.62. The Bertz CT molecular complexity index is 746. The molecule has 9 heteroatoms. The summed E-state index contributed by atoms with van der Waals surface area (Å²) < 4.78 is 38.4. The van der Waals surface area contributed by atoms with Crippen LogP contribution in [0.4, 0.5) is 0 Å². The number of ether oxygens (including phenoxy) is 2. The molecule has 0 atom stereocenters. The van der Waals surface area contributed by atoms with Gasteiger partial charge in [-0.15, -0.1) is 0 Å². The van der Waals surface area contributed by atoms with Gasteiger partial charge in [-0.2, -0.15) is 16.1 Å². The first-order valence-electron chi connectivity index (χ1n) is 8.69. The van der Waals surface area contributed by atoms with E-state index in [1.54, 1.807) is 28.8 Å². The maximum Gasteiger partial charge on any atom is 0.243 e. The van der Waals surface area contributed by atoms with Crippen LogP contribution < -0.4 is 9.47 Å². The van der Waals surface area contributed by atoms with Gasteiger partial charge in [-0.25, -0.2) is 8.42 Å². The Kier molecular flexibility index (Phi) is 6.31. The van der Waals surface area contributed by atoms with Crippen molar-refractivity contribution >= 4 is 27.7 Å². The second-order valence-corrected chi connectivity index (χ2v) is 9.11. The second kappa shape index (κ2) is 8.49. The van der Waals surface area contributed by atoms with Crippen LogP contribution >= 0.6 is 11.8 Å². The molecule has 2 heterocycles. The zero-order valence-electron chi connectivity index (χ0n) is 14.8. The molecule has 0 unspecified atom stereocenters. The van der Waals surface area contributed by atoms with Gasteiger partial charge >= 0.3 is 0 Å². The number of hydrogen-bond acceptors (Lipinski definition) is 6. The van der Waals surface area contributed by atoms with E-state index in [4.69, 9.17) is 9.47 Å². The third-order valence-corrected chi connectivity index (χ3v) is 6.98. The quantitative estimate of drug-likeness (QED) is 0.744. The number of carbonyl (C=O) groups excluding carboxylic acids is 1. The number of fused-ring (bicyclic) bond motifs is 1. The van der Waals surface area contributed by atoms with E-state index in [2.05, 4.69) is 0 Å². The molecule has 1 aromatic carbocycles. The molecule has 144 valence electrons. The summed E-state index contributed by atoms with van der Waals surface area (Å²) in [5.74, 6) is 1.92. The summed E-state index contributed by atoms with van der Waals surface area (Å²) >= 11 is 1.63. The Morgan fingerprint density at radius 2 is 1.81 bits per heavy atom. The van der Waals surface area contributed by atoms with E-state index in [0.29, 0.717) is 57.3 Å². The fraction of sp³-hybridized carbons (Fsp3) is 0.588. The van der Waals surface area contributed by atoms with Gasteiger partial charge in [0.15, 0.2) is 11.5 Å². The molecule has 1 amide bonds. The van der Waals surface area contributed by atoms with Gasteiger partial charge in [-0.05, 0) is 18.4 Å². The van der Waals surface area contributed by atoms with Gasteiger partial charge in [0.25, 0.3) is 0 Å². The smallest absolute Gasteiger partial charge is 0.243 e. The topological polar surface area (TPSA) is 76.2 Å². The van der Waals surface area contributed by atoms with Crippen molar-refractivity contribution in [3.63, 3.8) is 0 Å². The molecule has 1 fully saturated rings. The third kappa shape index (κ3) is 4.27. The SMILES string of the molecule is CSCCC(=O)N1CCN(S(=O)(=O)c2ccc3c(c2)OCCCO3)CC1. The van der Waals surface area contributed by atoms with E-state index in [-0.39, 0.29) is 10.8 Å². The number of sulfonamides is 1. The molecule has 0 spiro atoms. The van der Waals surface area contributed by atoms with Crippen LogP contribution in [0.15, 0.2) is 23.1 Å². The standard InChI is InChI=1S/C17H24N2O5S2/c1-25-12-5-17(20)18-6-8-19(9-7-18)26(21,22)14-3-4-15-16(13-14)24-11-2-10-23-15/h3-4,13H,2,5-12H2,1H3. The van der Waals surface area contributed by atoms with E-state index >= 15 is 0 Å². The number of piperazine rings is 1. The fourth-order valence-corrected chi connectivity index (χ4v) is 4.80. The Labute approximate surface area is 158 Å². The van der Waals surface area contributed by atoms with Crippen molar-refractivity contribution in [2.75, 3.05) is 51.4 Å². The molecular weight excluding hydrogens is 376 g/mol. The number of amides is 1. The average molecular weight is 401 g/mol. The van der Waals surface area contributed by atoms with Gasteiger partial charge in [0.2, 0.25) is 15.9 Å². The molecule has 1 aromatic rings. The molecule has 0 N–H and O–H groups in total. The number of nitrogens with zero attached hydrogens (tertiary/aromatic N) is 2. The predicted molar refractivity (Wildman–Crippen MR) is 100 cm³/mol. The van der Waals surface area contributed by atoms with Gasteiger partial charge in [-0.3, -0.25) is 4.79 Å². The lowest BCUT2D eigenvalue weighted by molar-refractivity contribution is -0.131. The van der Waals surface area contributed by atoms with Crippen molar-refractivity contribution in [2.24, 2.45) is 0 Å². The highest BCUT2D eigenvalue weighted by Crippen LogP contribution is 2.33. The Hall–Kier alpha value is -1.45. The van der Waals surface area contributed by atoms with Crippen LogP contribution in [-0.4, -0.2) is 74.9 Å². The van der Waals surface area contributed by atoms with Gasteiger partial charge < -0.3 is 14.4 Å². The first-order chi connectivity index (χ1) is 12.5. The number of rotatable bonds is 5. The van der Waals surface area contributed by atoms with E-state index in [1.807, 2.05) is 6.26 Å². The Morgan fingerprint density at radius 3 is 2.50 bits per heavy atom. The summed E-state index contributed by atoms with van der Waals surface area (Å²) in [5, 5.41) is 0. The van der Waals surface area contributed by atoms with Crippen molar-refractivity contribution < 1.29 is 22.7 Å². The highest BCUT2D eigenvalue weighted by molar-refractivity contribution is 7.98. The molecule has 0 aliphatic carbocycles. The molecule has 0 radical (unpaired) electrons. The molecule has 0 aromatic heterocycles. The molecule has 2 aliphatic rings. The predicted octanol–water partition coefficient (Wildman–Crippen LogP) is 1.43. The van der Waals surface area contributed by atoms with Crippen molar-refractivity contribution in [2.45, 2.75) is 17.7 Å². The lowest BCUT2D eigenvalue weighted by Gasteiger charge is -2.34. The first kappa shape index (κ1) is 19.3. The fourth-order valence-electron chi connectivity index (χ4n) is 2.98. The van der Waals surface area contributed by atoms with E-state index in [1.165, 1.54) is 10.4 Å². The average Bonchev–Trinajstić information content (AvgIpc) is 2.91. The largest absolute Gasteiger partial charge is 0.490 e. The molecule has 3 rings (SSSR count). The summed E-state index contributed by atoms with van der Waals surface area (Å²) in [6.07, 6.45) is 3.23. The van der Waals surface area contributed by atoms with Crippen LogP contribution in [0.1, 0.15) is 12.8 Å². The zero-order valence-corrected chi connectivity index (χ0v) is 16.5. The Morgan fingerprint density at radius 1 is 1.12 bits per heavy atom. The normalized spacial score (nSPS) is 18.4. The molecule has 7 nitrogen and oxygen atoms in total. The maximum atomic E-state index is 12.9. The van der Waals surface area contributed by atoms with Crippen molar-refractivity contribution in [3.8, 4) is 11.5 Å². The summed E-state index contributed by atoms with van der Waals surface area (Å²) in [4.78, 5) is 14.0. The van der Waals surface area contributed by atoms with Crippen molar-refractivity contribution in [1.29, 1.82) is 0 Å². The number of hydrogen-bond donors (Lipinski definition) is 0. The maximum absolute atomic E-state index is 12.9. The van der Waals surface area contributed by atoms with Crippen molar-refractivity contribution in [1.82, 2.24) is 9.21 Å². The Balaban J connectivity index is 1.68. The summed E-state index contributed by atoms with van der Waals surface area (Å²) in [5.41, 5.74) is 0. The number of thioether (sulfide) groups is 1. The first-order valence-corrected chi connectivity index (χ1v) is 11.5. The minimum absolute atomic E-state index is 0.0898. The monoisotopic (exact) mass is 400 g/mol. The second-order valence-electron chi connectivity index (χ2n) is 6.19. The van der Waals surface area contributed by atoms with Gasteiger partial charge in [0, 0.05) is 50.8 Å². The van der Waals surface area contributed by atoms with Crippen LogP contribution in [-0.2, 0) is 14.8 Å². The van der Waals surface area contributed by atoms with Crippen LogP contribution in [0.2, 0.25) is 0 Å². The van der Waals surface area contributed by atoms with E-state index in [9.17, 15) is 13.2 Å². The van der Waals surface area contributed by atoms with Crippen LogP contribution in [0.5, 0.6) is 11.5 Å². The van der Waals surface area contributed by atoms with Crippen LogP contribution in [0.25, 0.3) is 0 Å². The summed E-state index contributed by atoms with van der Waals surface area (Å²) in [6.45, 7) is 2.54. The summed E-state index contributed by atoms with van der Waals surface area (Å²) in [7, 11) is -3.62. The van der Waals surface area contributed by atoms with Gasteiger partial charge in [0.1, 0.15) is 0 Å². The molecule has 2 aliphatic heterocycles. The van der Waals surface area contributed by atoms with E-state index in [0.717, 1.165) is 12.2 Å². The minimum Gasteiger partial charge on any atom is -0.490 e. The number of benzene rings is 1.